The molecule has 0 aromatic heterocycles. The number of sulfonamides is 1. The Kier molecular flexibility index (Phi) is 6.34. The van der Waals surface area contributed by atoms with Gasteiger partial charge in [-0.05, 0) is 48.9 Å². The lowest BCUT2D eigenvalue weighted by Crippen LogP contribution is -2.27. The van der Waals surface area contributed by atoms with Gasteiger partial charge in [0.05, 0.1) is 18.0 Å². The Morgan fingerprint density at radius 1 is 1.12 bits per heavy atom. The zero-order valence-corrected chi connectivity index (χ0v) is 16.5. The number of amides is 1. The molecule has 134 valence electrons. The van der Waals surface area contributed by atoms with Gasteiger partial charge >= 0.3 is 0 Å². The van der Waals surface area contributed by atoms with E-state index in [-0.39, 0.29) is 16.8 Å². The van der Waals surface area contributed by atoms with Gasteiger partial charge in [0.2, 0.25) is 0 Å². The van der Waals surface area contributed by atoms with Gasteiger partial charge in [-0.25, -0.2) is 8.42 Å². The van der Waals surface area contributed by atoms with Crippen LogP contribution in [-0.2, 0) is 14.9 Å². The van der Waals surface area contributed by atoms with Crippen LogP contribution in [0.3, 0.4) is 0 Å². The molecule has 0 unspecified atom stereocenters. The minimum Gasteiger partial charge on any atom is -0.346 e. The second-order valence-corrected chi connectivity index (χ2v) is 8.22. The number of halogens is 1. The third-order valence-electron chi connectivity index (χ3n) is 3.73. The molecule has 1 N–H and O–H groups in total. The first-order chi connectivity index (χ1) is 11.8. The molecule has 1 atom stereocenters. The van der Waals surface area contributed by atoms with Gasteiger partial charge in [0.1, 0.15) is 0 Å². The number of hydrogen-bond donors (Lipinski definition) is 1. The fourth-order valence-electron chi connectivity index (χ4n) is 2.14. The maximum atomic E-state index is 12.3. The summed E-state index contributed by atoms with van der Waals surface area (Å²) in [7, 11) is -1.16. The van der Waals surface area contributed by atoms with Gasteiger partial charge in [0.15, 0.2) is 0 Å². The van der Waals surface area contributed by atoms with Crippen LogP contribution in [0, 0.1) is 0 Å². The topological polar surface area (TPSA) is 75.7 Å². The molecule has 2 aromatic rings. The standard InChI is InChI=1S/C17H19BrN2O4S/c1-12(13-4-8-15(18)9-5-13)19-17(21)14-6-10-16(11-7-14)25(22,23)20(2)24-3/h4-12H,1-3H3,(H,19,21)/t12-/m0/s1. The van der Waals surface area contributed by atoms with Gasteiger partial charge in [-0.3, -0.25) is 9.63 Å². The summed E-state index contributed by atoms with van der Waals surface area (Å²) < 4.78 is 26.0. The molecule has 6 nitrogen and oxygen atoms in total. The Morgan fingerprint density at radius 2 is 1.68 bits per heavy atom. The van der Waals surface area contributed by atoms with Crippen LogP contribution in [-0.4, -0.2) is 33.0 Å². The van der Waals surface area contributed by atoms with E-state index >= 15 is 0 Å². The first-order valence-electron chi connectivity index (χ1n) is 7.45. The van der Waals surface area contributed by atoms with Gasteiger partial charge in [-0.1, -0.05) is 32.5 Å². The van der Waals surface area contributed by atoms with Crippen molar-refractivity contribution in [3.05, 3.63) is 64.1 Å². The minimum atomic E-state index is -3.73. The van der Waals surface area contributed by atoms with Crippen molar-refractivity contribution in [3.8, 4) is 0 Å². The highest BCUT2D eigenvalue weighted by Gasteiger charge is 2.21. The van der Waals surface area contributed by atoms with Crippen LogP contribution in [0.25, 0.3) is 0 Å². The highest BCUT2D eigenvalue weighted by atomic mass is 79.9. The van der Waals surface area contributed by atoms with E-state index in [2.05, 4.69) is 21.2 Å². The predicted octanol–water partition coefficient (Wildman–Crippen LogP) is 3.12. The third kappa shape index (κ3) is 4.66. The number of hydrogen-bond acceptors (Lipinski definition) is 4. The first kappa shape index (κ1) is 19.6. The van der Waals surface area contributed by atoms with Gasteiger partial charge < -0.3 is 5.32 Å². The van der Waals surface area contributed by atoms with E-state index in [0.29, 0.717) is 5.56 Å². The van der Waals surface area contributed by atoms with Gasteiger partial charge in [-0.2, -0.15) is 0 Å². The second-order valence-electron chi connectivity index (χ2n) is 5.37. The molecule has 8 heteroatoms. The minimum absolute atomic E-state index is 0.0503. The average molecular weight is 427 g/mol. The van der Waals surface area contributed by atoms with E-state index in [9.17, 15) is 13.2 Å². The Balaban J connectivity index is 2.11. The van der Waals surface area contributed by atoms with Crippen LogP contribution in [0.2, 0.25) is 0 Å². The number of nitrogens with zero attached hydrogens (tertiary/aromatic N) is 1. The summed E-state index contributed by atoms with van der Waals surface area (Å²) in [5.74, 6) is -0.278. The predicted molar refractivity (Wildman–Crippen MR) is 98.4 cm³/mol. The van der Waals surface area contributed by atoms with Gasteiger partial charge in [0, 0.05) is 17.1 Å². The molecule has 0 saturated heterocycles. The van der Waals surface area contributed by atoms with E-state index in [1.54, 1.807) is 0 Å². The molecule has 0 aliphatic carbocycles. The maximum absolute atomic E-state index is 12.3. The van der Waals surface area contributed by atoms with E-state index in [1.165, 1.54) is 38.4 Å². The van der Waals surface area contributed by atoms with Crippen molar-refractivity contribution >= 4 is 31.9 Å². The average Bonchev–Trinajstić information content (AvgIpc) is 2.61. The number of rotatable bonds is 6. The zero-order valence-electron chi connectivity index (χ0n) is 14.1. The third-order valence-corrected chi connectivity index (χ3v) is 5.95. The molecule has 0 radical (unpaired) electrons. The highest BCUT2D eigenvalue weighted by molar-refractivity contribution is 9.10. The van der Waals surface area contributed by atoms with Crippen molar-refractivity contribution in [1.82, 2.24) is 9.79 Å². The molecule has 0 aliphatic rings. The quantitative estimate of drug-likeness (QED) is 0.719. The lowest BCUT2D eigenvalue weighted by atomic mass is 10.1. The molecular weight excluding hydrogens is 408 g/mol. The summed E-state index contributed by atoms with van der Waals surface area (Å²) in [4.78, 5) is 17.1. The number of benzene rings is 2. The summed E-state index contributed by atoms with van der Waals surface area (Å²) in [6.07, 6.45) is 0. The fourth-order valence-corrected chi connectivity index (χ4v) is 3.38. The fraction of sp³-hybridized carbons (Fsp3) is 0.235. The van der Waals surface area contributed by atoms with Crippen LogP contribution in [0.4, 0.5) is 0 Å². The second kappa shape index (κ2) is 8.09. The molecule has 0 bridgehead atoms. The van der Waals surface area contributed by atoms with Crippen LogP contribution in [0.15, 0.2) is 57.9 Å². The molecule has 0 spiro atoms. The van der Waals surface area contributed by atoms with E-state index in [4.69, 9.17) is 4.84 Å². The summed E-state index contributed by atoms with van der Waals surface area (Å²) in [6, 6.07) is 13.2. The molecule has 25 heavy (non-hydrogen) atoms. The lowest BCUT2D eigenvalue weighted by molar-refractivity contribution is -0.0258. The molecular formula is C17H19BrN2O4S. The SMILES string of the molecule is CON(C)S(=O)(=O)c1ccc(C(=O)N[C@@H](C)c2ccc(Br)cc2)cc1. The summed E-state index contributed by atoms with van der Waals surface area (Å²) in [5, 5.41) is 2.89. The molecule has 2 aromatic carbocycles. The van der Waals surface area contributed by atoms with E-state index < -0.39 is 10.0 Å². The number of nitrogens with one attached hydrogen (secondary N) is 1. The van der Waals surface area contributed by atoms with Crippen molar-refractivity contribution in [1.29, 1.82) is 0 Å². The van der Waals surface area contributed by atoms with Crippen LogP contribution < -0.4 is 5.32 Å². The number of hydroxylamine groups is 1. The largest absolute Gasteiger partial charge is 0.346 e. The van der Waals surface area contributed by atoms with Crippen molar-refractivity contribution in [3.63, 3.8) is 0 Å². The molecule has 0 saturated carbocycles. The molecule has 0 heterocycles. The van der Waals surface area contributed by atoms with E-state index in [1.807, 2.05) is 31.2 Å². The Bertz CT molecular complexity index is 836. The van der Waals surface area contributed by atoms with Crippen molar-refractivity contribution in [2.45, 2.75) is 17.9 Å². The Labute approximate surface area is 155 Å². The zero-order chi connectivity index (χ0) is 18.6. The van der Waals surface area contributed by atoms with E-state index in [0.717, 1.165) is 14.5 Å². The Morgan fingerprint density at radius 3 is 2.20 bits per heavy atom. The smallest absolute Gasteiger partial charge is 0.264 e. The summed E-state index contributed by atoms with van der Waals surface area (Å²) in [6.45, 7) is 1.88. The maximum Gasteiger partial charge on any atom is 0.264 e. The van der Waals surface area contributed by atoms with Gasteiger partial charge in [-0.15, -0.1) is 0 Å². The van der Waals surface area contributed by atoms with Gasteiger partial charge in [0.25, 0.3) is 15.9 Å². The molecule has 0 fully saturated rings. The number of carbonyl (C=O) groups is 1. The van der Waals surface area contributed by atoms with Crippen LogP contribution in [0.5, 0.6) is 0 Å². The molecule has 2 rings (SSSR count). The molecule has 0 aliphatic heterocycles. The van der Waals surface area contributed by atoms with Crippen LogP contribution >= 0.6 is 15.9 Å². The van der Waals surface area contributed by atoms with Crippen molar-refractivity contribution in [2.24, 2.45) is 0 Å². The Hall–Kier alpha value is -1.74. The molecule has 1 amide bonds. The summed E-state index contributed by atoms with van der Waals surface area (Å²) in [5.41, 5.74) is 1.35. The first-order valence-corrected chi connectivity index (χ1v) is 9.68. The lowest BCUT2D eigenvalue weighted by Gasteiger charge is -2.16. The van der Waals surface area contributed by atoms with Crippen molar-refractivity contribution < 1.29 is 18.0 Å². The monoisotopic (exact) mass is 426 g/mol. The normalized spacial score (nSPS) is 12.8. The number of carbonyl (C=O) groups excluding carboxylic acids is 1. The van der Waals surface area contributed by atoms with Crippen molar-refractivity contribution in [2.75, 3.05) is 14.2 Å². The summed E-state index contributed by atoms with van der Waals surface area (Å²) >= 11 is 3.37. The highest BCUT2D eigenvalue weighted by Crippen LogP contribution is 2.18. The van der Waals surface area contributed by atoms with Crippen LogP contribution in [0.1, 0.15) is 28.9 Å².